The number of thiophene rings is 1. The van der Waals surface area contributed by atoms with Gasteiger partial charge in [-0.05, 0) is 53.6 Å². The molecule has 1 fully saturated rings. The quantitative estimate of drug-likeness (QED) is 0.566. The molecule has 5 heteroatoms. The van der Waals surface area contributed by atoms with Gasteiger partial charge < -0.3 is 0 Å². The van der Waals surface area contributed by atoms with Crippen molar-refractivity contribution in [2.45, 2.75) is 16.5 Å². The Morgan fingerprint density at radius 3 is 2.40 bits per heavy atom. The highest BCUT2D eigenvalue weighted by Gasteiger charge is 2.41. The molecule has 2 nitrogen and oxygen atoms in total. The number of hydrogen-bond donors (Lipinski definition) is 0. The molecule has 2 atom stereocenters. The van der Waals surface area contributed by atoms with Crippen LogP contribution in [0.5, 0.6) is 0 Å². The maximum atomic E-state index is 12.7. The van der Waals surface area contributed by atoms with Gasteiger partial charge in [-0.2, -0.15) is 0 Å². The molecule has 0 radical (unpaired) electrons. The number of benzene rings is 2. The predicted octanol–water partition coefficient (Wildman–Crippen LogP) is 5.65. The Morgan fingerprint density at radius 1 is 0.960 bits per heavy atom. The smallest absolute Gasteiger partial charge is 0.188 e. The molecular formula is C20H17ClO2S2. The van der Waals surface area contributed by atoms with Gasteiger partial charge in [-0.15, -0.1) is 11.3 Å². The Hall–Kier alpha value is -1.62. The van der Waals surface area contributed by atoms with Gasteiger partial charge in [0.05, 0.1) is 5.75 Å². The van der Waals surface area contributed by atoms with Gasteiger partial charge in [0.2, 0.25) is 0 Å². The average molecular weight is 389 g/mol. The van der Waals surface area contributed by atoms with E-state index in [1.165, 1.54) is 16.9 Å². The number of halogens is 1. The molecule has 25 heavy (non-hydrogen) atoms. The lowest BCUT2D eigenvalue weighted by atomic mass is 10.1. The van der Waals surface area contributed by atoms with E-state index in [-0.39, 0.29) is 11.7 Å². The minimum Gasteiger partial charge on any atom is -0.223 e. The maximum Gasteiger partial charge on any atom is 0.188 e. The Morgan fingerprint density at radius 2 is 1.68 bits per heavy atom. The summed E-state index contributed by atoms with van der Waals surface area (Å²) >= 11 is 7.25. The van der Waals surface area contributed by atoms with Crippen LogP contribution in [0.25, 0.3) is 10.4 Å². The van der Waals surface area contributed by atoms with E-state index in [1.54, 1.807) is 6.07 Å². The van der Waals surface area contributed by atoms with Crippen molar-refractivity contribution in [2.75, 3.05) is 5.75 Å². The molecule has 2 aromatic carbocycles. The van der Waals surface area contributed by atoms with Gasteiger partial charge in [0.1, 0.15) is 4.21 Å². The summed E-state index contributed by atoms with van der Waals surface area (Å²) < 4.78 is 25.9. The first kappa shape index (κ1) is 16.8. The maximum absolute atomic E-state index is 12.7. The van der Waals surface area contributed by atoms with Crippen molar-refractivity contribution >= 4 is 32.8 Å². The first-order valence-electron chi connectivity index (χ1n) is 8.16. The zero-order valence-corrected chi connectivity index (χ0v) is 15.8. The summed E-state index contributed by atoms with van der Waals surface area (Å²) in [6, 6.07) is 21.2. The van der Waals surface area contributed by atoms with Gasteiger partial charge in [0, 0.05) is 9.90 Å². The zero-order chi connectivity index (χ0) is 17.4. The summed E-state index contributed by atoms with van der Waals surface area (Å²) in [5, 5.41) is 0.675. The molecule has 0 bridgehead atoms. The van der Waals surface area contributed by atoms with Crippen molar-refractivity contribution in [3.63, 3.8) is 0 Å². The van der Waals surface area contributed by atoms with Crippen LogP contribution < -0.4 is 0 Å². The lowest BCUT2D eigenvalue weighted by Gasteiger charge is -2.02. The van der Waals surface area contributed by atoms with Crippen LogP contribution in [0.3, 0.4) is 0 Å². The van der Waals surface area contributed by atoms with Gasteiger partial charge in [-0.1, -0.05) is 54.1 Å². The molecule has 0 amide bonds. The largest absolute Gasteiger partial charge is 0.223 e. The van der Waals surface area contributed by atoms with Crippen LogP contribution in [0.2, 0.25) is 5.02 Å². The average Bonchev–Trinajstić information content (AvgIpc) is 3.17. The van der Waals surface area contributed by atoms with Gasteiger partial charge in [-0.3, -0.25) is 0 Å². The third-order valence-corrected chi connectivity index (χ3v) is 8.41. The van der Waals surface area contributed by atoms with Crippen LogP contribution in [0.4, 0.5) is 0 Å². The second-order valence-electron chi connectivity index (χ2n) is 6.42. The van der Waals surface area contributed by atoms with E-state index in [9.17, 15) is 8.42 Å². The van der Waals surface area contributed by atoms with Crippen molar-refractivity contribution in [1.29, 1.82) is 0 Å². The minimum absolute atomic E-state index is 0.229. The number of hydrogen-bond acceptors (Lipinski definition) is 3. The van der Waals surface area contributed by atoms with E-state index in [4.69, 9.17) is 11.6 Å². The van der Waals surface area contributed by atoms with Crippen LogP contribution in [-0.4, -0.2) is 14.2 Å². The van der Waals surface area contributed by atoms with Crippen LogP contribution in [-0.2, 0) is 9.84 Å². The van der Waals surface area contributed by atoms with Gasteiger partial charge in [0.25, 0.3) is 0 Å². The minimum atomic E-state index is -3.24. The molecule has 1 heterocycles. The van der Waals surface area contributed by atoms with E-state index in [1.807, 2.05) is 48.5 Å². The molecule has 0 N–H and O–H groups in total. The lowest BCUT2D eigenvalue weighted by molar-refractivity contribution is 0.593. The van der Waals surface area contributed by atoms with Crippen molar-refractivity contribution in [1.82, 2.24) is 0 Å². The van der Waals surface area contributed by atoms with Gasteiger partial charge in [-0.25, -0.2) is 8.42 Å². The molecule has 0 saturated heterocycles. The van der Waals surface area contributed by atoms with E-state index in [2.05, 4.69) is 12.1 Å². The van der Waals surface area contributed by atoms with E-state index in [0.717, 1.165) is 16.9 Å². The summed E-state index contributed by atoms with van der Waals surface area (Å²) in [6.07, 6.45) is 0.957. The van der Waals surface area contributed by atoms with Crippen LogP contribution in [0.15, 0.2) is 70.9 Å². The van der Waals surface area contributed by atoms with E-state index >= 15 is 0 Å². The number of rotatable bonds is 5. The molecule has 0 unspecified atom stereocenters. The normalized spacial score (nSPS) is 19.7. The Labute approximate surface area is 157 Å². The fourth-order valence-electron chi connectivity index (χ4n) is 3.16. The third kappa shape index (κ3) is 3.66. The molecule has 1 aliphatic rings. The van der Waals surface area contributed by atoms with Crippen LogP contribution >= 0.6 is 22.9 Å². The molecule has 1 aromatic heterocycles. The molecular weight excluding hydrogens is 372 g/mol. The summed E-state index contributed by atoms with van der Waals surface area (Å²) in [5.41, 5.74) is 2.24. The second kappa shape index (κ2) is 6.60. The highest BCUT2D eigenvalue weighted by molar-refractivity contribution is 7.93. The predicted molar refractivity (Wildman–Crippen MR) is 104 cm³/mol. The zero-order valence-electron chi connectivity index (χ0n) is 13.4. The standard InChI is InChI=1S/C20H17ClO2S2/c21-17-8-6-15(7-9-17)19-10-11-20(24-19)25(22,23)13-16-12-18(16)14-4-2-1-3-5-14/h1-11,16,18H,12-13H2/t16-,18+/m0/s1. The first-order chi connectivity index (χ1) is 12.0. The van der Waals surface area contributed by atoms with Gasteiger partial charge in [0.15, 0.2) is 9.84 Å². The molecule has 128 valence electrons. The SMILES string of the molecule is O=S(=O)(C[C@@H]1C[C@@H]1c1ccccc1)c1ccc(-c2ccc(Cl)cc2)s1. The molecule has 4 rings (SSSR count). The first-order valence-corrected chi connectivity index (χ1v) is 11.0. The van der Waals surface area contributed by atoms with Crippen LogP contribution in [0, 0.1) is 5.92 Å². The summed E-state index contributed by atoms with van der Waals surface area (Å²) in [5.74, 6) is 0.841. The monoisotopic (exact) mass is 388 g/mol. The summed E-state index contributed by atoms with van der Waals surface area (Å²) in [7, 11) is -3.24. The molecule has 1 saturated carbocycles. The van der Waals surface area contributed by atoms with Crippen LogP contribution in [0.1, 0.15) is 17.9 Å². The Balaban J connectivity index is 1.49. The van der Waals surface area contributed by atoms with Crippen molar-refractivity contribution in [2.24, 2.45) is 5.92 Å². The Kier molecular flexibility index (Phi) is 4.44. The summed E-state index contributed by atoms with van der Waals surface area (Å²) in [4.78, 5) is 0.950. The third-order valence-electron chi connectivity index (χ3n) is 4.60. The van der Waals surface area contributed by atoms with Crippen molar-refractivity contribution < 1.29 is 8.42 Å². The van der Waals surface area contributed by atoms with Crippen molar-refractivity contribution in [3.05, 3.63) is 77.3 Å². The lowest BCUT2D eigenvalue weighted by Crippen LogP contribution is -2.07. The fourth-order valence-corrected chi connectivity index (χ4v) is 6.38. The van der Waals surface area contributed by atoms with Gasteiger partial charge >= 0.3 is 0 Å². The molecule has 0 spiro atoms. The highest BCUT2D eigenvalue weighted by atomic mass is 35.5. The van der Waals surface area contributed by atoms with Crippen molar-refractivity contribution in [3.8, 4) is 10.4 Å². The molecule has 0 aliphatic heterocycles. The highest BCUT2D eigenvalue weighted by Crippen LogP contribution is 2.49. The van der Waals surface area contributed by atoms with E-state index < -0.39 is 9.84 Å². The summed E-state index contributed by atoms with van der Waals surface area (Å²) in [6.45, 7) is 0. The topological polar surface area (TPSA) is 34.1 Å². The molecule has 1 aliphatic carbocycles. The number of sulfone groups is 1. The Bertz CT molecular complexity index is 976. The second-order valence-corrected chi connectivity index (χ2v) is 10.2. The van der Waals surface area contributed by atoms with E-state index in [0.29, 0.717) is 15.1 Å². The molecule has 3 aromatic rings. The fraction of sp³-hybridized carbons (Fsp3) is 0.200.